The standard InChI is InChI=1S/C75H92N8O23S/c1-41(2)57(80-54(87)38-107-39-55(88)89)66(93)79-50(27-20-32-77-69(76)96)65(92)78-49-30-28-45(29-31-49)37-100-70(97)82(9)33-34-83(10)71(98)104-60(58(46-21-14-11-15-22-46)81-64(91)47-23-16-12-17-24-47)68(95)103-51-36-75(99)63(105-67(94)48-25-18-13-19-26-48)61-73(8,52(86)35-53-74(61,40-101-53)106-44(5)85)62(90)59(102-43(4)84)56(42(51)3)72(75,6)7/h11-19,21-26,28-31,41,50-53,57-61,63,86,99H,20,27,32-40H2,1-10H3,(H,78,92)(H,79,93)(H,80,87)(H,81,91)(H,88,89)(H3,76,77,96)/t50-,51-,52-,53+,57-,58-,59+,60+,61-,63-,73+,74-,75+/m0/s1. The van der Waals surface area contributed by atoms with Gasteiger partial charge in [-0.3, -0.25) is 38.4 Å². The van der Waals surface area contributed by atoms with Crippen molar-refractivity contribution in [3.05, 3.63) is 149 Å². The van der Waals surface area contributed by atoms with Gasteiger partial charge in [-0.2, -0.15) is 0 Å². The Morgan fingerprint density at radius 2 is 1.36 bits per heavy atom. The molecule has 1 aliphatic heterocycles. The molecule has 0 aromatic heterocycles. The number of likely N-dealkylation sites (N-methyl/N-ethyl adjacent to an activating group) is 2. The number of nitrogens with zero attached hydrogens (tertiary/aromatic N) is 2. The highest BCUT2D eigenvalue weighted by atomic mass is 32.2. The van der Waals surface area contributed by atoms with Crippen LogP contribution in [-0.2, 0) is 78.1 Å². The molecule has 4 aromatic rings. The zero-order valence-corrected chi connectivity index (χ0v) is 61.8. The van der Waals surface area contributed by atoms with Crippen molar-refractivity contribution in [2.45, 2.75) is 154 Å². The summed E-state index contributed by atoms with van der Waals surface area (Å²) in [5, 5.41) is 48.7. The number of aliphatic hydroxyl groups excluding tert-OH is 1. The fourth-order valence-electron chi connectivity index (χ4n) is 14.2. The molecule has 13 atom stereocenters. The van der Waals surface area contributed by atoms with Gasteiger partial charge in [-0.25, -0.2) is 24.0 Å². The van der Waals surface area contributed by atoms with Crippen LogP contribution in [0.2, 0.25) is 0 Å². The number of fused-ring (bicyclic) bond motifs is 5. The molecule has 10 N–H and O–H groups in total. The fourth-order valence-corrected chi connectivity index (χ4v) is 14.7. The molecular formula is C75H92N8O23S. The number of hydrogen-bond donors (Lipinski definition) is 9. The third-order valence-electron chi connectivity index (χ3n) is 20.0. The van der Waals surface area contributed by atoms with Crippen LogP contribution in [0.1, 0.15) is 119 Å². The maximum atomic E-state index is 16.0. The van der Waals surface area contributed by atoms with Gasteiger partial charge in [-0.15, -0.1) is 11.8 Å². The first-order valence-corrected chi connectivity index (χ1v) is 35.8. The monoisotopic (exact) mass is 1500 g/mol. The first-order valence-electron chi connectivity index (χ1n) is 34.7. The van der Waals surface area contributed by atoms with Crippen molar-refractivity contribution in [2.75, 3.05) is 57.2 Å². The predicted octanol–water partition coefficient (Wildman–Crippen LogP) is 4.91. The summed E-state index contributed by atoms with van der Waals surface area (Å²) in [5.74, 6) is -11.6. The molecule has 1 saturated heterocycles. The van der Waals surface area contributed by atoms with Crippen LogP contribution in [-0.4, -0.2) is 214 Å². The second-order valence-corrected chi connectivity index (χ2v) is 29.0. The van der Waals surface area contributed by atoms with Crippen LogP contribution in [0.15, 0.2) is 126 Å². The average Bonchev–Trinajstić information content (AvgIpc) is 0.669. The Hall–Kier alpha value is -10.4. The van der Waals surface area contributed by atoms with Crippen molar-refractivity contribution < 1.29 is 111 Å². The number of nitrogens with two attached hydrogens (primary N) is 1. The van der Waals surface area contributed by atoms with Gasteiger partial charge in [0.1, 0.15) is 48.6 Å². The van der Waals surface area contributed by atoms with Crippen LogP contribution in [0, 0.1) is 22.7 Å². The summed E-state index contributed by atoms with van der Waals surface area (Å²) < 4.78 is 42.9. The molecule has 107 heavy (non-hydrogen) atoms. The Balaban J connectivity index is 1.03. The number of esters is 4. The number of thioether (sulfide) groups is 1. The fraction of sp³-hybridized carbons (Fsp3) is 0.480. The number of nitrogens with one attached hydrogen (secondary N) is 5. The number of rotatable bonds is 30. The molecule has 8 amide bonds. The van der Waals surface area contributed by atoms with Crippen molar-refractivity contribution in [1.29, 1.82) is 0 Å². The van der Waals surface area contributed by atoms with Crippen molar-refractivity contribution in [3.8, 4) is 0 Å². The summed E-state index contributed by atoms with van der Waals surface area (Å²) >= 11 is 0.843. The van der Waals surface area contributed by atoms with Crippen molar-refractivity contribution in [2.24, 2.45) is 28.4 Å². The number of ketones is 1. The second-order valence-electron chi connectivity index (χ2n) is 28.0. The van der Waals surface area contributed by atoms with Gasteiger partial charge in [0.2, 0.25) is 23.8 Å². The van der Waals surface area contributed by atoms with Gasteiger partial charge in [0, 0.05) is 77.1 Å². The largest absolute Gasteiger partial charge is 0.481 e. The number of hydrogen-bond acceptors (Lipinski definition) is 23. The lowest BCUT2D eigenvalue weighted by atomic mass is 9.44. The molecule has 2 bridgehead atoms. The van der Waals surface area contributed by atoms with Gasteiger partial charge >= 0.3 is 48.1 Å². The summed E-state index contributed by atoms with van der Waals surface area (Å²) in [4.78, 5) is 180. The highest BCUT2D eigenvalue weighted by Crippen LogP contribution is 2.64. The minimum absolute atomic E-state index is 0.00852. The Labute approximate surface area is 622 Å². The maximum absolute atomic E-state index is 16.0. The molecule has 576 valence electrons. The lowest BCUT2D eigenvalue weighted by Crippen LogP contribution is -2.82. The van der Waals surface area contributed by atoms with Gasteiger partial charge < -0.3 is 90.6 Å². The molecule has 3 aliphatic carbocycles. The molecular weight excluding hydrogens is 1410 g/mol. The number of urea groups is 1. The normalized spacial score (nSPS) is 23.6. The lowest BCUT2D eigenvalue weighted by molar-refractivity contribution is -0.346. The molecule has 4 aromatic carbocycles. The van der Waals surface area contributed by atoms with Crippen LogP contribution in [0.25, 0.3) is 0 Å². The number of aliphatic hydroxyl groups is 2. The average molecular weight is 1510 g/mol. The van der Waals surface area contributed by atoms with E-state index in [-0.39, 0.29) is 90.5 Å². The lowest BCUT2D eigenvalue weighted by Gasteiger charge is -2.67. The summed E-state index contributed by atoms with van der Waals surface area (Å²) in [7, 11) is 2.69. The Kier molecular flexibility index (Phi) is 27.1. The van der Waals surface area contributed by atoms with Crippen LogP contribution in [0.5, 0.6) is 0 Å². The van der Waals surface area contributed by atoms with Gasteiger partial charge in [-0.05, 0) is 91.3 Å². The molecule has 2 saturated carbocycles. The third-order valence-corrected chi connectivity index (χ3v) is 20.9. The maximum Gasteiger partial charge on any atom is 0.410 e. The number of aliphatic carboxylic acids is 1. The van der Waals surface area contributed by atoms with Crippen LogP contribution < -0.4 is 32.3 Å². The summed E-state index contributed by atoms with van der Waals surface area (Å²) in [5.41, 5.74) is -2.25. The van der Waals surface area contributed by atoms with Crippen LogP contribution >= 0.6 is 11.8 Å². The number of carboxylic acids is 1. The number of primary amides is 1. The quantitative estimate of drug-likeness (QED) is 0.0145. The van der Waals surface area contributed by atoms with Crippen molar-refractivity contribution in [3.63, 3.8) is 0 Å². The molecule has 31 nitrogen and oxygen atoms in total. The Morgan fingerprint density at radius 3 is 1.93 bits per heavy atom. The molecule has 32 heteroatoms. The predicted molar refractivity (Wildman–Crippen MR) is 383 cm³/mol. The van der Waals surface area contributed by atoms with E-state index in [0.717, 1.165) is 35.4 Å². The van der Waals surface area contributed by atoms with E-state index in [2.05, 4.69) is 26.6 Å². The molecule has 0 radical (unpaired) electrons. The van der Waals surface area contributed by atoms with E-state index in [4.69, 9.17) is 44.0 Å². The van der Waals surface area contributed by atoms with Gasteiger partial charge in [-0.1, -0.05) is 107 Å². The van der Waals surface area contributed by atoms with E-state index >= 15 is 9.59 Å². The van der Waals surface area contributed by atoms with Gasteiger partial charge in [0.25, 0.3) is 5.91 Å². The zero-order chi connectivity index (χ0) is 78.5. The molecule has 1 heterocycles. The number of carbonyl (C=O) groups is 13. The van der Waals surface area contributed by atoms with E-state index in [1.165, 1.54) is 78.2 Å². The first kappa shape index (κ1) is 82.2. The highest BCUT2D eigenvalue weighted by Gasteiger charge is 2.78. The number of ether oxygens (including phenoxy) is 7. The zero-order valence-electron chi connectivity index (χ0n) is 61.0. The van der Waals surface area contributed by atoms with Crippen molar-refractivity contribution in [1.82, 2.24) is 31.1 Å². The number of Topliss-reactive ketones (excluding diaryl/α,β-unsaturated/α-hetero) is 1. The number of anilines is 1. The molecule has 0 unspecified atom stereocenters. The number of carbonyl (C=O) groups excluding carboxylic acids is 12. The molecule has 8 rings (SSSR count). The highest BCUT2D eigenvalue weighted by molar-refractivity contribution is 8.00. The van der Waals surface area contributed by atoms with Gasteiger partial charge in [0.15, 0.2) is 17.5 Å². The van der Waals surface area contributed by atoms with E-state index in [1.807, 2.05) is 0 Å². The number of carboxylic acid groups (broad SMARTS) is 1. The SMILES string of the molecule is CC(=O)O[C@H]1C(=O)[C@@]2(C)[C@H]([C@H](OC(=O)c3ccccc3)[C@]3(O)C[C@H](OC(=O)[C@H](OC(=O)N(C)CCN(C)C(=O)OCc4ccc(NC(=O)[C@H](CCCNC(N)=O)NC(=O)[C@@H](NC(=O)CSCC(=O)O)C(C)C)cc4)[C@@H](NC(=O)c4ccccc4)c4ccccc4)C(C)=C1C3(C)C)[C@]1(OC(C)=O)CO[C@@H]1C[C@@H]2O. The summed E-state index contributed by atoms with van der Waals surface area (Å²) in [6, 6.07) is 25.0. The second kappa shape index (κ2) is 35.3. The number of amides is 8. The van der Waals surface area contributed by atoms with E-state index in [1.54, 1.807) is 92.7 Å². The van der Waals surface area contributed by atoms with Gasteiger partial charge in [0.05, 0.1) is 41.1 Å². The molecule has 0 spiro atoms. The smallest absolute Gasteiger partial charge is 0.410 e. The van der Waals surface area contributed by atoms with E-state index in [9.17, 15) is 63.0 Å². The Bertz CT molecular complexity index is 4000. The number of benzene rings is 4. The molecule has 3 fully saturated rings. The topological polar surface area (TPSA) is 440 Å². The summed E-state index contributed by atoms with van der Waals surface area (Å²) in [6.07, 6.45) is -13.4. The van der Waals surface area contributed by atoms with E-state index < -0.39 is 179 Å². The van der Waals surface area contributed by atoms with Crippen molar-refractivity contribution >= 4 is 94.9 Å². The Morgan fingerprint density at radius 1 is 0.748 bits per heavy atom. The third kappa shape index (κ3) is 19.0. The van der Waals surface area contributed by atoms with E-state index in [0.29, 0.717) is 5.56 Å². The molecule has 4 aliphatic rings. The minimum Gasteiger partial charge on any atom is -0.481 e. The van der Waals surface area contributed by atoms with Crippen LogP contribution in [0.3, 0.4) is 0 Å². The summed E-state index contributed by atoms with van der Waals surface area (Å²) in [6.45, 7) is 10.3. The van der Waals surface area contributed by atoms with Crippen LogP contribution in [0.4, 0.5) is 20.1 Å². The first-order chi connectivity index (χ1) is 50.5. The minimum atomic E-state index is -2.57.